The Bertz CT molecular complexity index is 167. The molecule has 2 fully saturated rings. The first-order valence-electron chi connectivity index (χ1n) is 5.70. The molecule has 2 atom stereocenters. The molecule has 2 heteroatoms. The van der Waals surface area contributed by atoms with Crippen LogP contribution in [0.2, 0.25) is 0 Å². The summed E-state index contributed by atoms with van der Waals surface area (Å²) in [6.07, 6.45) is 5.67. The van der Waals surface area contributed by atoms with Gasteiger partial charge in [-0.2, -0.15) is 12.6 Å². The zero-order valence-electron chi connectivity index (χ0n) is 8.58. The molecule has 76 valence electrons. The topological polar surface area (TPSA) is 3.24 Å². The van der Waals surface area contributed by atoms with Crippen LogP contribution < -0.4 is 0 Å². The first kappa shape index (κ1) is 9.85. The minimum absolute atomic E-state index is 0.864. The number of likely N-dealkylation sites (tertiary alicyclic amines) is 1. The number of hydrogen-bond donors (Lipinski definition) is 1. The van der Waals surface area contributed by atoms with Crippen molar-refractivity contribution in [2.75, 3.05) is 18.8 Å². The van der Waals surface area contributed by atoms with E-state index in [1.165, 1.54) is 38.8 Å². The molecular formula is C11H21NS. The smallest absolute Gasteiger partial charge is 0.00965 e. The maximum Gasteiger partial charge on any atom is 0.00965 e. The van der Waals surface area contributed by atoms with Gasteiger partial charge >= 0.3 is 0 Å². The van der Waals surface area contributed by atoms with E-state index >= 15 is 0 Å². The molecule has 13 heavy (non-hydrogen) atoms. The third-order valence-electron chi connectivity index (χ3n) is 3.74. The molecule has 0 amide bonds. The maximum absolute atomic E-state index is 4.48. The van der Waals surface area contributed by atoms with Gasteiger partial charge in [-0.25, -0.2) is 0 Å². The van der Waals surface area contributed by atoms with Crippen molar-refractivity contribution in [1.29, 1.82) is 0 Å². The van der Waals surface area contributed by atoms with Gasteiger partial charge in [0.05, 0.1) is 0 Å². The van der Waals surface area contributed by atoms with Gasteiger partial charge in [0.1, 0.15) is 0 Å². The molecule has 2 aliphatic rings. The molecule has 0 spiro atoms. The summed E-state index contributed by atoms with van der Waals surface area (Å²) >= 11 is 4.48. The second-order valence-corrected chi connectivity index (χ2v) is 4.99. The number of rotatable bonds is 3. The number of thiol groups is 1. The van der Waals surface area contributed by atoms with Gasteiger partial charge in [0.2, 0.25) is 0 Å². The van der Waals surface area contributed by atoms with Gasteiger partial charge in [-0.15, -0.1) is 0 Å². The Morgan fingerprint density at radius 1 is 1.23 bits per heavy atom. The summed E-state index contributed by atoms with van der Waals surface area (Å²) in [5.74, 6) is 2.90. The Morgan fingerprint density at radius 3 is 2.54 bits per heavy atom. The van der Waals surface area contributed by atoms with Crippen molar-refractivity contribution in [2.45, 2.75) is 38.6 Å². The Morgan fingerprint density at radius 2 is 2.00 bits per heavy atom. The van der Waals surface area contributed by atoms with E-state index in [9.17, 15) is 0 Å². The van der Waals surface area contributed by atoms with E-state index in [-0.39, 0.29) is 0 Å². The third-order valence-corrected chi connectivity index (χ3v) is 4.21. The van der Waals surface area contributed by atoms with Crippen LogP contribution >= 0.6 is 12.6 Å². The fraction of sp³-hybridized carbons (Fsp3) is 1.00. The zero-order chi connectivity index (χ0) is 9.26. The van der Waals surface area contributed by atoms with Crippen molar-refractivity contribution in [3.8, 4) is 0 Å². The summed E-state index contributed by atoms with van der Waals surface area (Å²) in [6.45, 7) is 5.01. The minimum Gasteiger partial charge on any atom is -0.300 e. The lowest BCUT2D eigenvalue weighted by atomic mass is 9.85. The average Bonchev–Trinajstić information content (AvgIpc) is 3.00. The molecule has 2 rings (SSSR count). The van der Waals surface area contributed by atoms with E-state index in [1.54, 1.807) is 0 Å². The average molecular weight is 199 g/mol. The normalized spacial score (nSPS) is 36.5. The molecule has 0 unspecified atom stereocenters. The van der Waals surface area contributed by atoms with E-state index in [1.807, 2.05) is 0 Å². The van der Waals surface area contributed by atoms with Crippen LogP contribution in [-0.4, -0.2) is 29.8 Å². The Balaban J connectivity index is 1.88. The van der Waals surface area contributed by atoms with E-state index in [0.717, 1.165) is 23.6 Å². The maximum atomic E-state index is 4.48. The monoisotopic (exact) mass is 199 g/mol. The molecule has 0 aromatic carbocycles. The molecule has 1 saturated heterocycles. The van der Waals surface area contributed by atoms with Gasteiger partial charge in [-0.05, 0) is 43.4 Å². The quantitative estimate of drug-likeness (QED) is 0.683. The second-order valence-electron chi connectivity index (χ2n) is 4.63. The molecule has 0 N–H and O–H groups in total. The van der Waals surface area contributed by atoms with Crippen molar-refractivity contribution in [3.05, 3.63) is 0 Å². The van der Waals surface area contributed by atoms with Crippen molar-refractivity contribution in [3.63, 3.8) is 0 Å². The van der Waals surface area contributed by atoms with Gasteiger partial charge in [-0.3, -0.25) is 0 Å². The van der Waals surface area contributed by atoms with Crippen LogP contribution in [0.25, 0.3) is 0 Å². The first-order valence-corrected chi connectivity index (χ1v) is 6.33. The predicted octanol–water partition coefficient (Wildman–Crippen LogP) is 2.43. The van der Waals surface area contributed by atoms with Gasteiger partial charge in [0.25, 0.3) is 0 Å². The van der Waals surface area contributed by atoms with Crippen LogP contribution in [0.1, 0.15) is 32.6 Å². The molecule has 1 aliphatic carbocycles. The van der Waals surface area contributed by atoms with E-state index in [4.69, 9.17) is 0 Å². The van der Waals surface area contributed by atoms with Crippen LogP contribution in [-0.2, 0) is 0 Å². The molecule has 0 aromatic rings. The molecule has 0 bridgehead atoms. The minimum atomic E-state index is 0.864. The third kappa shape index (κ3) is 2.21. The van der Waals surface area contributed by atoms with Crippen molar-refractivity contribution in [1.82, 2.24) is 4.90 Å². The van der Waals surface area contributed by atoms with Gasteiger partial charge in [0.15, 0.2) is 0 Å². The van der Waals surface area contributed by atoms with E-state index < -0.39 is 0 Å². The van der Waals surface area contributed by atoms with Gasteiger partial charge in [-0.1, -0.05) is 13.3 Å². The van der Waals surface area contributed by atoms with Crippen LogP contribution in [0.15, 0.2) is 0 Å². The summed E-state index contributed by atoms with van der Waals surface area (Å²) in [6, 6.07) is 0.959. The van der Waals surface area contributed by atoms with Crippen molar-refractivity contribution in [2.24, 2.45) is 11.8 Å². The fourth-order valence-corrected chi connectivity index (χ4v) is 3.04. The standard InChI is InChI=1S/C11H21NS/c1-2-9-5-6-12(11-3-4-11)7-10(9)8-13/h9-11,13H,2-8H2,1H3/t9-,10-/m0/s1. The number of hydrogen-bond acceptors (Lipinski definition) is 2. The highest BCUT2D eigenvalue weighted by atomic mass is 32.1. The van der Waals surface area contributed by atoms with E-state index in [0.29, 0.717) is 0 Å². The number of nitrogens with zero attached hydrogens (tertiary/aromatic N) is 1. The lowest BCUT2D eigenvalue weighted by Gasteiger charge is -2.37. The lowest BCUT2D eigenvalue weighted by molar-refractivity contribution is 0.123. The molecule has 1 aliphatic heterocycles. The summed E-state index contributed by atoms with van der Waals surface area (Å²) in [7, 11) is 0. The predicted molar refractivity (Wildman–Crippen MR) is 60.3 cm³/mol. The molecule has 0 aromatic heterocycles. The molecule has 1 saturated carbocycles. The highest BCUT2D eigenvalue weighted by molar-refractivity contribution is 7.80. The Kier molecular flexibility index (Phi) is 3.20. The lowest BCUT2D eigenvalue weighted by Crippen LogP contribution is -2.42. The Labute approximate surface area is 87.3 Å². The molecular weight excluding hydrogens is 178 g/mol. The summed E-state index contributed by atoms with van der Waals surface area (Å²) < 4.78 is 0. The zero-order valence-corrected chi connectivity index (χ0v) is 9.47. The van der Waals surface area contributed by atoms with Gasteiger partial charge < -0.3 is 4.90 Å². The van der Waals surface area contributed by atoms with Crippen LogP contribution in [0.3, 0.4) is 0 Å². The van der Waals surface area contributed by atoms with Crippen molar-refractivity contribution < 1.29 is 0 Å². The highest BCUT2D eigenvalue weighted by Gasteiger charge is 2.35. The van der Waals surface area contributed by atoms with Gasteiger partial charge in [0, 0.05) is 12.6 Å². The highest BCUT2D eigenvalue weighted by Crippen LogP contribution is 2.34. The summed E-state index contributed by atoms with van der Waals surface area (Å²) in [5, 5.41) is 0. The molecule has 0 radical (unpaired) electrons. The van der Waals surface area contributed by atoms with Crippen LogP contribution in [0, 0.1) is 11.8 Å². The van der Waals surface area contributed by atoms with Crippen LogP contribution in [0.5, 0.6) is 0 Å². The fourth-order valence-electron chi connectivity index (χ4n) is 2.62. The molecule has 1 nitrogen and oxygen atoms in total. The summed E-state index contributed by atoms with van der Waals surface area (Å²) in [4.78, 5) is 2.70. The Hall–Kier alpha value is 0.310. The molecule has 1 heterocycles. The second kappa shape index (κ2) is 4.22. The van der Waals surface area contributed by atoms with Crippen molar-refractivity contribution >= 4 is 12.6 Å². The largest absolute Gasteiger partial charge is 0.300 e. The first-order chi connectivity index (χ1) is 6.35. The number of piperidine rings is 1. The van der Waals surface area contributed by atoms with Crippen LogP contribution in [0.4, 0.5) is 0 Å². The van der Waals surface area contributed by atoms with E-state index in [2.05, 4.69) is 24.5 Å². The SMILES string of the molecule is CC[C@H]1CCN(C2CC2)C[C@H]1CS. The summed E-state index contributed by atoms with van der Waals surface area (Å²) in [5.41, 5.74) is 0.